The van der Waals surface area contributed by atoms with E-state index in [0.717, 1.165) is 45.0 Å². The zero-order valence-corrected chi connectivity index (χ0v) is 16.0. The smallest absolute Gasteiger partial charge is 0.132 e. The Bertz CT molecular complexity index is 732. The van der Waals surface area contributed by atoms with Crippen molar-refractivity contribution in [3.8, 4) is 0 Å². The zero-order chi connectivity index (χ0) is 17.9. The van der Waals surface area contributed by atoms with Crippen molar-refractivity contribution < 1.29 is 0 Å². The van der Waals surface area contributed by atoms with Gasteiger partial charge in [-0.1, -0.05) is 38.1 Å². The van der Waals surface area contributed by atoms with E-state index in [9.17, 15) is 0 Å². The molecule has 1 fully saturated rings. The topological polar surface area (TPSA) is 41.1 Å². The molecule has 1 atom stereocenters. The molecule has 26 heavy (non-hydrogen) atoms. The molecule has 0 spiro atoms. The van der Waals surface area contributed by atoms with E-state index < -0.39 is 0 Å². The maximum atomic E-state index is 4.93. The number of benzene rings is 1. The van der Waals surface area contributed by atoms with Crippen LogP contribution in [0.15, 0.2) is 30.5 Å². The molecule has 1 aromatic heterocycles. The lowest BCUT2D eigenvalue weighted by Crippen LogP contribution is -2.32. The van der Waals surface area contributed by atoms with Crippen LogP contribution in [0.25, 0.3) is 0 Å². The second-order valence-corrected chi connectivity index (χ2v) is 8.10. The van der Waals surface area contributed by atoms with Gasteiger partial charge in [0.05, 0.1) is 0 Å². The maximum Gasteiger partial charge on any atom is 0.132 e. The van der Waals surface area contributed by atoms with E-state index in [4.69, 9.17) is 9.97 Å². The summed E-state index contributed by atoms with van der Waals surface area (Å²) in [5, 5.41) is 3.47. The first-order chi connectivity index (χ1) is 12.7. The minimum atomic E-state index is 0.492. The summed E-state index contributed by atoms with van der Waals surface area (Å²) in [6.07, 6.45) is 5.56. The van der Waals surface area contributed by atoms with E-state index in [1.54, 1.807) is 0 Å². The molecular formula is C22H30N4. The Hall–Kier alpha value is -1.78. The molecule has 0 saturated carbocycles. The normalized spacial score (nSPS) is 21.0. The van der Waals surface area contributed by atoms with Gasteiger partial charge in [-0.15, -0.1) is 0 Å². The highest BCUT2D eigenvalue weighted by atomic mass is 15.1. The van der Waals surface area contributed by atoms with Crippen molar-refractivity contribution in [3.63, 3.8) is 0 Å². The molecule has 0 aliphatic carbocycles. The minimum absolute atomic E-state index is 0.492. The van der Waals surface area contributed by atoms with Crippen LogP contribution in [0.3, 0.4) is 0 Å². The Morgan fingerprint density at radius 2 is 2.08 bits per heavy atom. The molecule has 0 amide bonds. The van der Waals surface area contributed by atoms with Gasteiger partial charge in [0.2, 0.25) is 0 Å². The summed E-state index contributed by atoms with van der Waals surface area (Å²) in [6, 6.07) is 9.10. The van der Waals surface area contributed by atoms with Crippen LogP contribution in [0.5, 0.6) is 0 Å². The van der Waals surface area contributed by atoms with Crippen LogP contribution in [-0.4, -0.2) is 34.5 Å². The summed E-state index contributed by atoms with van der Waals surface area (Å²) < 4.78 is 0. The molecule has 138 valence electrons. The lowest BCUT2D eigenvalue weighted by atomic mass is 9.98. The summed E-state index contributed by atoms with van der Waals surface area (Å²) in [6.45, 7) is 9.70. The number of aromatic nitrogens is 2. The number of nitrogens with zero attached hydrogens (tertiary/aromatic N) is 3. The van der Waals surface area contributed by atoms with Crippen LogP contribution < -0.4 is 5.32 Å². The van der Waals surface area contributed by atoms with Gasteiger partial charge in [0.1, 0.15) is 5.82 Å². The predicted octanol–water partition coefficient (Wildman–Crippen LogP) is 3.63. The van der Waals surface area contributed by atoms with Gasteiger partial charge >= 0.3 is 0 Å². The summed E-state index contributed by atoms with van der Waals surface area (Å²) in [7, 11) is 0. The Balaban J connectivity index is 1.41. The third-order valence-corrected chi connectivity index (χ3v) is 5.75. The van der Waals surface area contributed by atoms with Gasteiger partial charge in [-0.25, -0.2) is 9.97 Å². The third kappa shape index (κ3) is 3.97. The van der Waals surface area contributed by atoms with Crippen LogP contribution in [0, 0.1) is 0 Å². The Labute approximate surface area is 157 Å². The molecule has 4 nitrogen and oxygen atoms in total. The van der Waals surface area contributed by atoms with Crippen LogP contribution >= 0.6 is 0 Å². The molecule has 2 aliphatic heterocycles. The van der Waals surface area contributed by atoms with Gasteiger partial charge in [-0.05, 0) is 36.4 Å². The SMILES string of the molecule is CC(C)c1ccc(CN2CCc3nc(C4CCCNC4)ncc3C2)cc1. The van der Waals surface area contributed by atoms with E-state index in [0.29, 0.717) is 11.8 Å². The highest BCUT2D eigenvalue weighted by Gasteiger charge is 2.22. The summed E-state index contributed by atoms with van der Waals surface area (Å²) in [4.78, 5) is 12.2. The molecule has 1 saturated heterocycles. The van der Waals surface area contributed by atoms with E-state index in [1.807, 2.05) is 0 Å². The molecule has 0 bridgehead atoms. The van der Waals surface area contributed by atoms with E-state index in [1.165, 1.54) is 35.2 Å². The molecule has 0 radical (unpaired) electrons. The van der Waals surface area contributed by atoms with Gasteiger partial charge in [0.15, 0.2) is 0 Å². The second-order valence-electron chi connectivity index (χ2n) is 8.10. The average molecular weight is 351 g/mol. The van der Waals surface area contributed by atoms with Gasteiger partial charge in [0.25, 0.3) is 0 Å². The quantitative estimate of drug-likeness (QED) is 0.914. The molecule has 2 aliphatic rings. The fraction of sp³-hybridized carbons (Fsp3) is 0.545. The number of piperidine rings is 1. The lowest BCUT2D eigenvalue weighted by Gasteiger charge is -2.29. The number of rotatable bonds is 4. The molecular weight excluding hydrogens is 320 g/mol. The number of hydrogen-bond donors (Lipinski definition) is 1. The van der Waals surface area contributed by atoms with Gasteiger partial charge in [0, 0.05) is 56.0 Å². The van der Waals surface area contributed by atoms with E-state index >= 15 is 0 Å². The minimum Gasteiger partial charge on any atom is -0.316 e. The van der Waals surface area contributed by atoms with Crippen molar-refractivity contribution in [1.29, 1.82) is 0 Å². The Morgan fingerprint density at radius 3 is 2.81 bits per heavy atom. The highest BCUT2D eigenvalue weighted by molar-refractivity contribution is 5.26. The van der Waals surface area contributed by atoms with Crippen molar-refractivity contribution in [3.05, 3.63) is 58.7 Å². The average Bonchev–Trinajstić information content (AvgIpc) is 2.69. The maximum absolute atomic E-state index is 4.93. The summed E-state index contributed by atoms with van der Waals surface area (Å²) >= 11 is 0. The van der Waals surface area contributed by atoms with Crippen LogP contribution in [0.1, 0.15) is 66.7 Å². The van der Waals surface area contributed by atoms with Crippen molar-refractivity contribution in [1.82, 2.24) is 20.2 Å². The lowest BCUT2D eigenvalue weighted by molar-refractivity contribution is 0.242. The van der Waals surface area contributed by atoms with Crippen molar-refractivity contribution in [2.45, 2.75) is 58.0 Å². The first-order valence-electron chi connectivity index (χ1n) is 10.1. The molecule has 1 aromatic carbocycles. The molecule has 1 N–H and O–H groups in total. The van der Waals surface area contributed by atoms with Crippen LogP contribution in [0.2, 0.25) is 0 Å². The Kier molecular flexibility index (Phi) is 5.32. The Morgan fingerprint density at radius 1 is 1.23 bits per heavy atom. The molecule has 4 rings (SSSR count). The molecule has 1 unspecified atom stereocenters. The fourth-order valence-corrected chi connectivity index (χ4v) is 4.06. The molecule has 3 heterocycles. The largest absolute Gasteiger partial charge is 0.316 e. The summed E-state index contributed by atoms with van der Waals surface area (Å²) in [5.41, 5.74) is 5.38. The number of nitrogens with one attached hydrogen (secondary N) is 1. The molecule has 2 aromatic rings. The van der Waals surface area contributed by atoms with Crippen LogP contribution in [-0.2, 0) is 19.5 Å². The highest BCUT2D eigenvalue weighted by Crippen LogP contribution is 2.24. The summed E-state index contributed by atoms with van der Waals surface area (Å²) in [5.74, 6) is 2.14. The first kappa shape index (κ1) is 17.6. The van der Waals surface area contributed by atoms with Gasteiger partial charge in [-0.3, -0.25) is 4.90 Å². The van der Waals surface area contributed by atoms with Crippen molar-refractivity contribution >= 4 is 0 Å². The van der Waals surface area contributed by atoms with Gasteiger partial charge < -0.3 is 5.32 Å². The third-order valence-electron chi connectivity index (χ3n) is 5.75. The first-order valence-corrected chi connectivity index (χ1v) is 10.1. The predicted molar refractivity (Wildman–Crippen MR) is 105 cm³/mol. The van der Waals surface area contributed by atoms with E-state index in [-0.39, 0.29) is 0 Å². The van der Waals surface area contributed by atoms with Crippen LogP contribution in [0.4, 0.5) is 0 Å². The fourth-order valence-electron chi connectivity index (χ4n) is 4.06. The molecule has 4 heteroatoms. The second kappa shape index (κ2) is 7.85. The zero-order valence-electron chi connectivity index (χ0n) is 16.0. The standard InChI is InChI=1S/C22H30N4/c1-16(2)18-7-5-17(6-8-18)14-26-11-9-21-20(15-26)13-24-22(25-21)19-4-3-10-23-12-19/h5-8,13,16,19,23H,3-4,9-12,14-15H2,1-2H3. The van der Waals surface area contributed by atoms with E-state index in [2.05, 4.69) is 54.5 Å². The van der Waals surface area contributed by atoms with Crippen molar-refractivity contribution in [2.24, 2.45) is 0 Å². The number of hydrogen-bond acceptors (Lipinski definition) is 4. The monoisotopic (exact) mass is 350 g/mol. The van der Waals surface area contributed by atoms with Crippen molar-refractivity contribution in [2.75, 3.05) is 19.6 Å². The van der Waals surface area contributed by atoms with Gasteiger partial charge in [-0.2, -0.15) is 0 Å². The number of fused-ring (bicyclic) bond motifs is 1.